The van der Waals surface area contributed by atoms with Gasteiger partial charge in [-0.1, -0.05) is 58.8 Å². The third kappa shape index (κ3) is 6.65. The van der Waals surface area contributed by atoms with Gasteiger partial charge in [-0.25, -0.2) is 0 Å². The summed E-state index contributed by atoms with van der Waals surface area (Å²) in [6.45, 7) is 13.2. The molecule has 1 fully saturated rings. The Labute approximate surface area is 150 Å². The first-order valence-corrected chi connectivity index (χ1v) is 10.5. The molecule has 0 aromatic rings. The highest BCUT2D eigenvalue weighted by Gasteiger charge is 2.51. The average molecular weight is 343 g/mol. The van der Waals surface area contributed by atoms with Gasteiger partial charge in [0.1, 0.15) is 0 Å². The lowest BCUT2D eigenvalue weighted by Gasteiger charge is -2.48. The number of epoxide rings is 1. The molecule has 0 aliphatic carbocycles. The van der Waals surface area contributed by atoms with Gasteiger partial charge in [0.2, 0.25) is 0 Å². The topological polar surface area (TPSA) is 31.0 Å². The Morgan fingerprint density at radius 1 is 0.833 bits per heavy atom. The molecule has 0 spiro atoms. The van der Waals surface area contributed by atoms with Gasteiger partial charge in [0.05, 0.1) is 12.7 Å². The zero-order valence-corrected chi connectivity index (χ0v) is 17.0. The van der Waals surface area contributed by atoms with E-state index < -0.39 is 5.79 Å². The Bertz CT molecular complexity index is 308. The van der Waals surface area contributed by atoms with Crippen molar-refractivity contribution in [2.45, 2.75) is 111 Å². The van der Waals surface area contributed by atoms with E-state index in [2.05, 4.69) is 34.6 Å². The van der Waals surface area contributed by atoms with Crippen molar-refractivity contribution in [2.24, 2.45) is 5.41 Å². The highest BCUT2D eigenvalue weighted by molar-refractivity contribution is 4.95. The number of hydrogen-bond acceptors (Lipinski definition) is 3. The molecule has 2 unspecified atom stereocenters. The Balaban J connectivity index is 2.78. The summed E-state index contributed by atoms with van der Waals surface area (Å²) in [5.74, 6) is -0.498. The third-order valence-electron chi connectivity index (χ3n) is 5.56. The molecule has 0 amide bonds. The molecule has 0 aromatic heterocycles. The van der Waals surface area contributed by atoms with Crippen LogP contribution in [-0.2, 0) is 14.2 Å². The van der Waals surface area contributed by atoms with Crippen LogP contribution in [0.4, 0.5) is 0 Å². The van der Waals surface area contributed by atoms with E-state index in [-0.39, 0.29) is 5.41 Å². The molecule has 1 aliphatic rings. The molecule has 0 N–H and O–H groups in total. The summed E-state index contributed by atoms with van der Waals surface area (Å²) in [5.41, 5.74) is 0.0691. The fraction of sp³-hybridized carbons (Fsp3) is 1.00. The maximum absolute atomic E-state index is 6.23. The van der Waals surface area contributed by atoms with Gasteiger partial charge in [-0.05, 0) is 40.0 Å². The number of unbranched alkanes of at least 4 members (excludes halogenated alkanes) is 5. The normalized spacial score (nSPS) is 20.1. The second kappa shape index (κ2) is 11.5. The van der Waals surface area contributed by atoms with Crippen LogP contribution in [-0.4, -0.2) is 31.7 Å². The monoisotopic (exact) mass is 342 g/mol. The summed E-state index contributed by atoms with van der Waals surface area (Å²) in [5, 5.41) is 0. The van der Waals surface area contributed by atoms with E-state index in [9.17, 15) is 0 Å². The fourth-order valence-electron chi connectivity index (χ4n) is 4.21. The van der Waals surface area contributed by atoms with Crippen molar-refractivity contribution in [3.8, 4) is 0 Å². The van der Waals surface area contributed by atoms with Crippen LogP contribution >= 0.6 is 0 Å². The molecule has 0 bridgehead atoms. The van der Waals surface area contributed by atoms with Crippen molar-refractivity contribution in [1.29, 1.82) is 0 Å². The summed E-state index contributed by atoms with van der Waals surface area (Å²) < 4.78 is 18.1. The smallest absolute Gasteiger partial charge is 0.171 e. The predicted molar refractivity (Wildman–Crippen MR) is 101 cm³/mol. The summed E-state index contributed by atoms with van der Waals surface area (Å²) in [6, 6.07) is 0. The molecule has 3 nitrogen and oxygen atoms in total. The quantitative estimate of drug-likeness (QED) is 0.193. The van der Waals surface area contributed by atoms with Crippen molar-refractivity contribution in [3.63, 3.8) is 0 Å². The summed E-state index contributed by atoms with van der Waals surface area (Å²) in [6.07, 6.45) is 13.0. The molecule has 1 aliphatic heterocycles. The Morgan fingerprint density at radius 2 is 1.42 bits per heavy atom. The number of rotatable bonds is 16. The van der Waals surface area contributed by atoms with E-state index in [0.29, 0.717) is 19.3 Å². The molecule has 2 atom stereocenters. The Hall–Kier alpha value is -0.120. The first kappa shape index (κ1) is 21.9. The molecule has 0 saturated carbocycles. The SMILES string of the molecule is CCCCCCCCC(CCC)(CC1CO1)C(C)(OCC)OCC. The molecule has 0 radical (unpaired) electrons. The number of hydrogen-bond donors (Lipinski definition) is 0. The van der Waals surface area contributed by atoms with Gasteiger partial charge in [0.25, 0.3) is 0 Å². The van der Waals surface area contributed by atoms with Gasteiger partial charge in [0.15, 0.2) is 5.79 Å². The second-order valence-electron chi connectivity index (χ2n) is 7.52. The molecular weight excluding hydrogens is 300 g/mol. The highest BCUT2D eigenvalue weighted by atomic mass is 16.7. The van der Waals surface area contributed by atoms with E-state index in [0.717, 1.165) is 25.9 Å². The maximum Gasteiger partial charge on any atom is 0.171 e. The van der Waals surface area contributed by atoms with Crippen LogP contribution in [0.25, 0.3) is 0 Å². The number of ether oxygens (including phenoxy) is 3. The molecule has 1 heterocycles. The van der Waals surface area contributed by atoms with Crippen molar-refractivity contribution >= 4 is 0 Å². The second-order valence-corrected chi connectivity index (χ2v) is 7.52. The van der Waals surface area contributed by atoms with Crippen LogP contribution in [0.2, 0.25) is 0 Å². The Kier molecular flexibility index (Phi) is 10.5. The lowest BCUT2D eigenvalue weighted by molar-refractivity contribution is -0.293. The van der Waals surface area contributed by atoms with E-state index >= 15 is 0 Å². The first-order valence-electron chi connectivity index (χ1n) is 10.5. The van der Waals surface area contributed by atoms with Crippen LogP contribution < -0.4 is 0 Å². The van der Waals surface area contributed by atoms with Crippen LogP contribution in [0.15, 0.2) is 0 Å². The van der Waals surface area contributed by atoms with Crippen LogP contribution in [0.5, 0.6) is 0 Å². The highest BCUT2D eigenvalue weighted by Crippen LogP contribution is 2.49. The molecule has 3 heteroatoms. The van der Waals surface area contributed by atoms with E-state index in [1.165, 1.54) is 44.9 Å². The summed E-state index contributed by atoms with van der Waals surface area (Å²) in [4.78, 5) is 0. The van der Waals surface area contributed by atoms with Crippen molar-refractivity contribution in [3.05, 3.63) is 0 Å². The standard InChI is InChI=1S/C21H42O3/c1-6-10-11-12-13-14-16-21(15-7-2,17-19-18-22-19)20(5,23-8-3)24-9-4/h19H,6-18H2,1-5H3. The minimum absolute atomic E-state index is 0.0691. The van der Waals surface area contributed by atoms with Gasteiger partial charge in [-0.2, -0.15) is 0 Å². The lowest BCUT2D eigenvalue weighted by Crippen LogP contribution is -2.51. The summed E-state index contributed by atoms with van der Waals surface area (Å²) >= 11 is 0. The van der Waals surface area contributed by atoms with Crippen LogP contribution in [0.1, 0.15) is 98.8 Å². The maximum atomic E-state index is 6.23. The third-order valence-corrected chi connectivity index (χ3v) is 5.56. The van der Waals surface area contributed by atoms with Crippen LogP contribution in [0, 0.1) is 5.41 Å². The molecule has 1 rings (SSSR count). The van der Waals surface area contributed by atoms with Gasteiger partial charge < -0.3 is 14.2 Å². The average Bonchev–Trinajstić information content (AvgIpc) is 3.35. The van der Waals surface area contributed by atoms with Gasteiger partial charge in [-0.15, -0.1) is 0 Å². The van der Waals surface area contributed by atoms with E-state index in [1.807, 2.05) is 0 Å². The van der Waals surface area contributed by atoms with Gasteiger partial charge in [0, 0.05) is 18.6 Å². The molecule has 0 aromatic carbocycles. The summed E-state index contributed by atoms with van der Waals surface area (Å²) in [7, 11) is 0. The Morgan fingerprint density at radius 3 is 1.92 bits per heavy atom. The van der Waals surface area contributed by atoms with Crippen LogP contribution in [0.3, 0.4) is 0 Å². The lowest BCUT2D eigenvalue weighted by atomic mass is 9.68. The van der Waals surface area contributed by atoms with Gasteiger partial charge >= 0.3 is 0 Å². The first-order chi connectivity index (χ1) is 11.6. The zero-order valence-electron chi connectivity index (χ0n) is 17.0. The molecule has 144 valence electrons. The minimum atomic E-state index is -0.498. The minimum Gasteiger partial charge on any atom is -0.373 e. The van der Waals surface area contributed by atoms with E-state index in [1.54, 1.807) is 0 Å². The van der Waals surface area contributed by atoms with Crippen molar-refractivity contribution in [2.75, 3.05) is 19.8 Å². The largest absolute Gasteiger partial charge is 0.373 e. The van der Waals surface area contributed by atoms with E-state index in [4.69, 9.17) is 14.2 Å². The molecule has 24 heavy (non-hydrogen) atoms. The van der Waals surface area contributed by atoms with Crippen molar-refractivity contribution < 1.29 is 14.2 Å². The van der Waals surface area contributed by atoms with Gasteiger partial charge in [-0.3, -0.25) is 0 Å². The van der Waals surface area contributed by atoms with Crippen molar-refractivity contribution in [1.82, 2.24) is 0 Å². The fourth-order valence-corrected chi connectivity index (χ4v) is 4.21. The molecular formula is C21H42O3. The zero-order chi connectivity index (χ0) is 17.9. The molecule has 1 saturated heterocycles. The predicted octanol–water partition coefficient (Wildman–Crippen LogP) is 6.10.